The molecule has 0 radical (unpaired) electrons. The Morgan fingerprint density at radius 2 is 2.30 bits per heavy atom. The topological polar surface area (TPSA) is 40.5 Å². The molecule has 2 aliphatic heterocycles. The molecule has 1 N–H and O–H groups in total. The quantitative estimate of drug-likeness (QED) is 0.919. The van der Waals surface area contributed by atoms with Crippen molar-refractivity contribution in [1.82, 2.24) is 4.90 Å². The summed E-state index contributed by atoms with van der Waals surface area (Å²) < 4.78 is 0. The zero-order valence-corrected chi connectivity index (χ0v) is 12.4. The zero-order valence-electron chi connectivity index (χ0n) is 11.6. The number of benzene rings is 1. The first-order valence-corrected chi connectivity index (χ1v) is 7.75. The van der Waals surface area contributed by atoms with Crippen LogP contribution in [0, 0.1) is 5.92 Å². The molecule has 0 aliphatic carbocycles. The summed E-state index contributed by atoms with van der Waals surface area (Å²) in [4.78, 5) is 13.8. The van der Waals surface area contributed by atoms with Crippen molar-refractivity contribution in [3.63, 3.8) is 0 Å². The van der Waals surface area contributed by atoms with E-state index in [9.17, 15) is 9.90 Å². The van der Waals surface area contributed by atoms with Gasteiger partial charge in [-0.2, -0.15) is 0 Å². The van der Waals surface area contributed by atoms with Crippen LogP contribution >= 0.6 is 11.6 Å². The number of carboxylic acid groups (broad SMARTS) is 1. The fraction of sp³-hybridized carbons (Fsp3) is 0.562. The predicted octanol–water partition coefficient (Wildman–Crippen LogP) is 3.73. The Bertz CT molecular complexity index is 519. The van der Waals surface area contributed by atoms with E-state index in [0.29, 0.717) is 6.04 Å². The standard InChI is InChI=1S/C16H20ClNO2/c1-2-14(10-4-3-5-11(17)8-10)18-12-6-7-15(18)13(9-12)16(19)20/h3-5,8,12-15H,2,6-7,9H2,1H3,(H,19,20). The number of fused-ring (bicyclic) bond motifs is 2. The zero-order chi connectivity index (χ0) is 14.3. The molecular weight excluding hydrogens is 274 g/mol. The van der Waals surface area contributed by atoms with Crippen LogP contribution in [-0.2, 0) is 4.79 Å². The molecule has 108 valence electrons. The van der Waals surface area contributed by atoms with E-state index >= 15 is 0 Å². The normalized spacial score (nSPS) is 30.6. The highest BCUT2D eigenvalue weighted by Gasteiger charge is 2.51. The lowest BCUT2D eigenvalue weighted by Crippen LogP contribution is -2.35. The van der Waals surface area contributed by atoms with Crippen LogP contribution in [0.25, 0.3) is 0 Å². The molecule has 2 fully saturated rings. The van der Waals surface area contributed by atoms with Crippen LogP contribution in [-0.4, -0.2) is 28.1 Å². The Balaban J connectivity index is 1.89. The second-order valence-corrected chi connectivity index (χ2v) is 6.34. The molecule has 0 aromatic heterocycles. The number of carbonyl (C=O) groups is 1. The van der Waals surface area contributed by atoms with Gasteiger partial charge in [-0.05, 0) is 43.4 Å². The summed E-state index contributed by atoms with van der Waals surface area (Å²) in [6, 6.07) is 8.89. The molecule has 2 bridgehead atoms. The molecule has 4 unspecified atom stereocenters. The fourth-order valence-electron chi connectivity index (χ4n) is 4.11. The molecule has 2 saturated heterocycles. The minimum atomic E-state index is -0.636. The molecule has 0 spiro atoms. The molecule has 0 saturated carbocycles. The number of hydrogen-bond acceptors (Lipinski definition) is 2. The Morgan fingerprint density at radius 3 is 2.90 bits per heavy atom. The van der Waals surface area contributed by atoms with Gasteiger partial charge in [0.1, 0.15) is 0 Å². The van der Waals surface area contributed by atoms with E-state index in [1.165, 1.54) is 5.56 Å². The summed E-state index contributed by atoms with van der Waals surface area (Å²) in [6.45, 7) is 2.17. The van der Waals surface area contributed by atoms with Gasteiger partial charge >= 0.3 is 5.97 Å². The molecule has 3 nitrogen and oxygen atoms in total. The molecule has 0 amide bonds. The summed E-state index contributed by atoms with van der Waals surface area (Å²) in [5, 5.41) is 10.1. The number of carboxylic acids is 1. The minimum absolute atomic E-state index is 0.193. The van der Waals surface area contributed by atoms with Gasteiger partial charge in [-0.15, -0.1) is 0 Å². The monoisotopic (exact) mass is 293 g/mol. The smallest absolute Gasteiger partial charge is 0.308 e. The van der Waals surface area contributed by atoms with Crippen LogP contribution < -0.4 is 0 Å². The molecule has 3 rings (SSSR count). The molecule has 4 atom stereocenters. The first-order chi connectivity index (χ1) is 9.61. The van der Waals surface area contributed by atoms with Gasteiger partial charge in [0.15, 0.2) is 0 Å². The summed E-state index contributed by atoms with van der Waals surface area (Å²) in [5.74, 6) is -0.829. The highest BCUT2D eigenvalue weighted by atomic mass is 35.5. The Hall–Kier alpha value is -1.06. The van der Waals surface area contributed by atoms with Crippen molar-refractivity contribution in [3.8, 4) is 0 Å². The van der Waals surface area contributed by atoms with E-state index in [0.717, 1.165) is 30.7 Å². The highest BCUT2D eigenvalue weighted by molar-refractivity contribution is 6.30. The van der Waals surface area contributed by atoms with E-state index in [2.05, 4.69) is 17.9 Å². The van der Waals surface area contributed by atoms with Crippen LogP contribution in [0.3, 0.4) is 0 Å². The molecule has 2 heterocycles. The second kappa shape index (κ2) is 5.38. The minimum Gasteiger partial charge on any atom is -0.481 e. The average Bonchev–Trinajstić information content (AvgIpc) is 2.98. The van der Waals surface area contributed by atoms with Gasteiger partial charge < -0.3 is 5.11 Å². The molecule has 20 heavy (non-hydrogen) atoms. The van der Waals surface area contributed by atoms with E-state index in [-0.39, 0.29) is 18.0 Å². The summed E-state index contributed by atoms with van der Waals surface area (Å²) in [5.41, 5.74) is 1.21. The maximum atomic E-state index is 11.4. The van der Waals surface area contributed by atoms with E-state index < -0.39 is 5.97 Å². The van der Waals surface area contributed by atoms with Gasteiger partial charge in [-0.25, -0.2) is 0 Å². The lowest BCUT2D eigenvalue weighted by molar-refractivity contribution is -0.142. The van der Waals surface area contributed by atoms with Crippen LogP contribution in [0.15, 0.2) is 24.3 Å². The van der Waals surface area contributed by atoms with Crippen LogP contribution in [0.4, 0.5) is 0 Å². The van der Waals surface area contributed by atoms with Gasteiger partial charge in [0.25, 0.3) is 0 Å². The summed E-state index contributed by atoms with van der Waals surface area (Å²) >= 11 is 6.11. The van der Waals surface area contributed by atoms with E-state index in [4.69, 9.17) is 11.6 Å². The average molecular weight is 294 g/mol. The largest absolute Gasteiger partial charge is 0.481 e. The summed E-state index contributed by atoms with van der Waals surface area (Å²) in [6.07, 6.45) is 3.93. The third-order valence-corrected chi connectivity index (χ3v) is 5.12. The van der Waals surface area contributed by atoms with Crippen molar-refractivity contribution in [1.29, 1.82) is 0 Å². The van der Waals surface area contributed by atoms with Crippen molar-refractivity contribution < 1.29 is 9.90 Å². The van der Waals surface area contributed by atoms with Crippen molar-refractivity contribution in [2.75, 3.05) is 0 Å². The molecule has 1 aromatic rings. The first kappa shape index (κ1) is 13.9. The maximum Gasteiger partial charge on any atom is 0.308 e. The fourth-order valence-corrected chi connectivity index (χ4v) is 4.31. The second-order valence-electron chi connectivity index (χ2n) is 5.91. The highest BCUT2D eigenvalue weighted by Crippen LogP contribution is 2.47. The lowest BCUT2D eigenvalue weighted by Gasteiger charge is -2.32. The maximum absolute atomic E-state index is 11.4. The van der Waals surface area contributed by atoms with Gasteiger partial charge in [-0.1, -0.05) is 30.7 Å². The molecular formula is C16H20ClNO2. The van der Waals surface area contributed by atoms with Crippen molar-refractivity contribution in [3.05, 3.63) is 34.9 Å². The molecule has 2 aliphatic rings. The number of nitrogens with zero attached hydrogens (tertiary/aromatic N) is 1. The van der Waals surface area contributed by atoms with Crippen molar-refractivity contribution in [2.24, 2.45) is 5.92 Å². The van der Waals surface area contributed by atoms with Crippen molar-refractivity contribution >= 4 is 17.6 Å². The van der Waals surface area contributed by atoms with Gasteiger partial charge in [0, 0.05) is 23.1 Å². The van der Waals surface area contributed by atoms with Gasteiger partial charge in [0.05, 0.1) is 5.92 Å². The third kappa shape index (κ3) is 2.23. The lowest BCUT2D eigenvalue weighted by atomic mass is 9.89. The number of aliphatic carboxylic acids is 1. The van der Waals surface area contributed by atoms with Gasteiger partial charge in [0.2, 0.25) is 0 Å². The predicted molar refractivity (Wildman–Crippen MR) is 78.9 cm³/mol. The summed E-state index contributed by atoms with van der Waals surface area (Å²) in [7, 11) is 0. The van der Waals surface area contributed by atoms with Crippen LogP contribution in [0.5, 0.6) is 0 Å². The van der Waals surface area contributed by atoms with Crippen LogP contribution in [0.1, 0.15) is 44.2 Å². The van der Waals surface area contributed by atoms with Crippen LogP contribution in [0.2, 0.25) is 5.02 Å². The first-order valence-electron chi connectivity index (χ1n) is 7.37. The van der Waals surface area contributed by atoms with E-state index in [1.807, 2.05) is 18.2 Å². The Morgan fingerprint density at radius 1 is 1.50 bits per heavy atom. The Kier molecular flexibility index (Phi) is 3.74. The molecule has 1 aromatic carbocycles. The number of rotatable bonds is 4. The number of hydrogen-bond donors (Lipinski definition) is 1. The third-order valence-electron chi connectivity index (χ3n) is 4.89. The SMILES string of the molecule is CCC(c1cccc(Cl)c1)N1C2CCC1C(C(=O)O)C2. The van der Waals surface area contributed by atoms with Gasteiger partial charge in [-0.3, -0.25) is 9.69 Å². The Labute approximate surface area is 124 Å². The molecule has 4 heteroatoms. The van der Waals surface area contributed by atoms with E-state index in [1.54, 1.807) is 0 Å². The number of halogens is 1. The van der Waals surface area contributed by atoms with Crippen molar-refractivity contribution in [2.45, 2.75) is 50.7 Å².